The molecule has 0 spiro atoms. The summed E-state index contributed by atoms with van der Waals surface area (Å²) in [5.74, 6) is 1.54. The van der Waals surface area contributed by atoms with Gasteiger partial charge in [0, 0.05) is 33.7 Å². The minimum absolute atomic E-state index is 0.0510. The number of hydrogen-bond acceptors (Lipinski definition) is 5. The Morgan fingerprint density at radius 3 is 2.45 bits per heavy atom. The number of aliphatic hydroxyl groups excluding tert-OH is 1. The minimum atomic E-state index is -0.308. The van der Waals surface area contributed by atoms with Crippen LogP contribution >= 0.6 is 0 Å². The smallest absolute Gasteiger partial charge is 0.158 e. The molecular weight excluding hydrogens is 368 g/mol. The van der Waals surface area contributed by atoms with Crippen LogP contribution < -0.4 is 0 Å². The first-order valence-corrected chi connectivity index (χ1v) is 11.1. The van der Waals surface area contributed by atoms with Crippen LogP contribution in [0.4, 0.5) is 0 Å². The Hall–Kier alpha value is -0.720. The summed E-state index contributed by atoms with van der Waals surface area (Å²) in [5.41, 5.74) is 1.11. The van der Waals surface area contributed by atoms with Gasteiger partial charge in [-0.05, 0) is 49.5 Å². The Balaban J connectivity index is 1.90. The summed E-state index contributed by atoms with van der Waals surface area (Å²) in [7, 11) is 5.20. The van der Waals surface area contributed by atoms with E-state index < -0.39 is 0 Å². The highest BCUT2D eigenvalue weighted by molar-refractivity contribution is 5.17. The van der Waals surface area contributed by atoms with Crippen molar-refractivity contribution in [1.29, 1.82) is 0 Å². The quantitative estimate of drug-likeness (QED) is 0.513. The molecule has 1 saturated heterocycles. The molecule has 29 heavy (non-hydrogen) atoms. The van der Waals surface area contributed by atoms with E-state index in [1.807, 2.05) is 6.08 Å². The van der Waals surface area contributed by atoms with E-state index in [-0.39, 0.29) is 36.6 Å². The fourth-order valence-electron chi connectivity index (χ4n) is 4.83. The molecule has 1 saturated carbocycles. The van der Waals surface area contributed by atoms with Gasteiger partial charge in [0.15, 0.2) is 6.29 Å². The molecule has 0 radical (unpaired) electrons. The summed E-state index contributed by atoms with van der Waals surface area (Å²) in [4.78, 5) is 0. The van der Waals surface area contributed by atoms with Crippen LogP contribution in [0.3, 0.4) is 0 Å². The summed E-state index contributed by atoms with van der Waals surface area (Å²) < 4.78 is 22.6. The predicted molar refractivity (Wildman–Crippen MR) is 116 cm³/mol. The highest BCUT2D eigenvalue weighted by Crippen LogP contribution is 2.49. The van der Waals surface area contributed by atoms with Crippen LogP contribution in [-0.2, 0) is 18.9 Å². The molecule has 1 aliphatic heterocycles. The zero-order valence-corrected chi connectivity index (χ0v) is 19.3. The molecule has 1 N–H and O–H groups in total. The van der Waals surface area contributed by atoms with Gasteiger partial charge < -0.3 is 24.1 Å². The van der Waals surface area contributed by atoms with Crippen molar-refractivity contribution in [2.24, 2.45) is 23.7 Å². The van der Waals surface area contributed by atoms with Crippen LogP contribution in [0.2, 0.25) is 0 Å². The van der Waals surface area contributed by atoms with Crippen LogP contribution in [-0.4, -0.2) is 57.1 Å². The minimum Gasteiger partial charge on any atom is -0.392 e. The predicted octanol–water partition coefficient (Wildman–Crippen LogP) is 4.35. The second kappa shape index (κ2) is 11.6. The van der Waals surface area contributed by atoms with Crippen LogP contribution in [0.15, 0.2) is 23.8 Å². The van der Waals surface area contributed by atoms with Crippen LogP contribution in [0.25, 0.3) is 0 Å². The van der Waals surface area contributed by atoms with Crippen molar-refractivity contribution >= 4 is 0 Å². The lowest BCUT2D eigenvalue weighted by atomic mass is 9.91. The third-order valence-electron chi connectivity index (χ3n) is 6.95. The maximum Gasteiger partial charge on any atom is 0.158 e. The number of ether oxygens (including phenoxy) is 4. The molecule has 2 fully saturated rings. The van der Waals surface area contributed by atoms with Crippen molar-refractivity contribution in [3.05, 3.63) is 23.8 Å². The molecule has 2 rings (SSSR count). The fraction of sp³-hybridized carbons (Fsp3) is 0.833. The average Bonchev–Trinajstić information content (AvgIpc) is 3.54. The third kappa shape index (κ3) is 6.38. The van der Waals surface area contributed by atoms with Crippen molar-refractivity contribution in [2.45, 2.75) is 84.1 Å². The first-order valence-electron chi connectivity index (χ1n) is 11.1. The molecule has 2 aliphatic rings. The van der Waals surface area contributed by atoms with Gasteiger partial charge in [-0.15, -0.1) is 0 Å². The van der Waals surface area contributed by atoms with E-state index in [0.717, 1.165) is 31.3 Å². The Labute approximate surface area is 177 Å². The topological polar surface area (TPSA) is 57.2 Å². The number of methoxy groups -OCH3 is 3. The molecule has 1 unspecified atom stereocenters. The molecule has 0 aromatic rings. The number of aliphatic hydroxyl groups is 1. The van der Waals surface area contributed by atoms with Crippen molar-refractivity contribution in [3.8, 4) is 0 Å². The monoisotopic (exact) mass is 410 g/mol. The highest BCUT2D eigenvalue weighted by atomic mass is 16.7. The van der Waals surface area contributed by atoms with Gasteiger partial charge >= 0.3 is 0 Å². The van der Waals surface area contributed by atoms with Crippen molar-refractivity contribution in [3.63, 3.8) is 0 Å². The summed E-state index contributed by atoms with van der Waals surface area (Å²) in [6, 6.07) is 0. The first-order chi connectivity index (χ1) is 13.9. The normalized spacial score (nSPS) is 34.8. The van der Waals surface area contributed by atoms with Crippen LogP contribution in [0.1, 0.15) is 53.4 Å². The molecule has 5 heteroatoms. The maximum absolute atomic E-state index is 10.8. The molecule has 1 heterocycles. The van der Waals surface area contributed by atoms with Gasteiger partial charge in [-0.2, -0.15) is 0 Å². The zero-order chi connectivity index (χ0) is 21.6. The van der Waals surface area contributed by atoms with E-state index in [4.69, 9.17) is 18.9 Å². The lowest BCUT2D eigenvalue weighted by Gasteiger charge is -2.35. The first kappa shape index (κ1) is 24.5. The molecule has 0 amide bonds. The lowest BCUT2D eigenvalue weighted by Crippen LogP contribution is -2.41. The van der Waals surface area contributed by atoms with Gasteiger partial charge in [0.1, 0.15) is 6.10 Å². The van der Waals surface area contributed by atoms with Crippen molar-refractivity contribution in [2.75, 3.05) is 21.3 Å². The summed E-state index contributed by atoms with van der Waals surface area (Å²) in [6.45, 7) is 8.57. The zero-order valence-electron chi connectivity index (χ0n) is 19.3. The van der Waals surface area contributed by atoms with Gasteiger partial charge in [0.2, 0.25) is 0 Å². The summed E-state index contributed by atoms with van der Waals surface area (Å²) >= 11 is 0. The van der Waals surface area contributed by atoms with Crippen LogP contribution in [0.5, 0.6) is 0 Å². The third-order valence-corrected chi connectivity index (χ3v) is 6.95. The Bertz CT molecular complexity index is 541. The van der Waals surface area contributed by atoms with Gasteiger partial charge in [-0.1, -0.05) is 39.0 Å². The molecule has 5 nitrogen and oxygen atoms in total. The fourth-order valence-corrected chi connectivity index (χ4v) is 4.83. The second-order valence-electron chi connectivity index (χ2n) is 8.82. The molecule has 0 aromatic heterocycles. The average molecular weight is 411 g/mol. The van der Waals surface area contributed by atoms with Crippen molar-refractivity contribution in [1.82, 2.24) is 0 Å². The standard InChI is InChI=1S/C24H42O5/c1-8-20(26-5)17(4)18-14-19(18)23(25)15(2)10-9-11-16(3)24-21(27-6)12-13-22(28-7)29-24/h9-11,15,17-25H,8,12-14H2,1-7H3/b10-9+,16-11+/t15-,17-,18+,19?,20-,21-,22+,23+,24-/m0/s1. The van der Waals surface area contributed by atoms with Gasteiger partial charge in [-0.3, -0.25) is 0 Å². The SMILES string of the molecule is CC[C@H](OC)[C@@H](C)[C@H]1CC1[C@H](O)[C@@H](C)/C=C/C=C(\C)[C@@H]1O[C@@H](OC)CC[C@@H]1OC. The number of hydrogen-bond donors (Lipinski definition) is 1. The second-order valence-corrected chi connectivity index (χ2v) is 8.82. The molecule has 168 valence electrons. The van der Waals surface area contributed by atoms with E-state index in [1.165, 1.54) is 0 Å². The van der Waals surface area contributed by atoms with E-state index in [1.54, 1.807) is 21.3 Å². The largest absolute Gasteiger partial charge is 0.392 e. The molecule has 9 atom stereocenters. The van der Waals surface area contributed by atoms with Crippen molar-refractivity contribution < 1.29 is 24.1 Å². The van der Waals surface area contributed by atoms with E-state index in [9.17, 15) is 5.11 Å². The number of allylic oxidation sites excluding steroid dienone is 2. The molecule has 0 aromatic carbocycles. The van der Waals surface area contributed by atoms with E-state index >= 15 is 0 Å². The Morgan fingerprint density at radius 2 is 1.86 bits per heavy atom. The lowest BCUT2D eigenvalue weighted by molar-refractivity contribution is -0.205. The van der Waals surface area contributed by atoms with Gasteiger partial charge in [-0.25, -0.2) is 0 Å². The summed E-state index contributed by atoms with van der Waals surface area (Å²) in [5, 5.41) is 10.8. The maximum atomic E-state index is 10.8. The van der Waals surface area contributed by atoms with Gasteiger partial charge in [0.05, 0.1) is 18.3 Å². The number of rotatable bonds is 11. The van der Waals surface area contributed by atoms with Crippen LogP contribution in [0, 0.1) is 23.7 Å². The Morgan fingerprint density at radius 1 is 1.14 bits per heavy atom. The molecule has 0 bridgehead atoms. The highest BCUT2D eigenvalue weighted by Gasteiger charge is 2.48. The van der Waals surface area contributed by atoms with E-state index in [0.29, 0.717) is 17.8 Å². The van der Waals surface area contributed by atoms with E-state index in [2.05, 4.69) is 39.8 Å². The molecular formula is C24H42O5. The van der Waals surface area contributed by atoms with Gasteiger partial charge in [0.25, 0.3) is 0 Å². The summed E-state index contributed by atoms with van der Waals surface area (Å²) in [6.07, 6.45) is 9.85. The molecule has 1 aliphatic carbocycles. The Kier molecular flexibility index (Phi) is 9.83.